The fourth-order valence-electron chi connectivity index (χ4n) is 2.22. The van der Waals surface area contributed by atoms with Crippen LogP contribution >= 0.6 is 0 Å². The molecular weight excluding hydrogens is 218 g/mol. The smallest absolute Gasteiger partial charge is 0.185 e. The maximum atomic E-state index is 5.49. The summed E-state index contributed by atoms with van der Waals surface area (Å²) in [7, 11) is 0. The number of aromatic nitrogens is 1. The standard InChI is InChI=1S/C12H17N3O2/c1-3-15(4-2-13-1)11-7-10(8-14-9-11)12-16-5-6-17-12/h7-9,12-13H,1-6H2. The topological polar surface area (TPSA) is 46.6 Å². The summed E-state index contributed by atoms with van der Waals surface area (Å²) in [6, 6.07) is 2.12. The van der Waals surface area contributed by atoms with Gasteiger partial charge in [0.1, 0.15) is 0 Å². The summed E-state index contributed by atoms with van der Waals surface area (Å²) < 4.78 is 11.0. The minimum atomic E-state index is -0.231. The van der Waals surface area contributed by atoms with Gasteiger partial charge in [0.05, 0.1) is 25.1 Å². The Morgan fingerprint density at radius 2 is 1.94 bits per heavy atom. The number of hydrogen-bond donors (Lipinski definition) is 1. The lowest BCUT2D eigenvalue weighted by atomic mass is 10.2. The number of ether oxygens (including phenoxy) is 2. The van der Waals surface area contributed by atoms with E-state index in [9.17, 15) is 0 Å². The van der Waals surface area contributed by atoms with Crippen molar-refractivity contribution in [2.45, 2.75) is 6.29 Å². The van der Waals surface area contributed by atoms with Crippen LogP contribution in [0.2, 0.25) is 0 Å². The van der Waals surface area contributed by atoms with Gasteiger partial charge in [-0.2, -0.15) is 0 Å². The molecule has 2 aliphatic rings. The molecule has 0 aliphatic carbocycles. The molecule has 92 valence electrons. The van der Waals surface area contributed by atoms with E-state index in [0.717, 1.165) is 37.4 Å². The van der Waals surface area contributed by atoms with Crippen molar-refractivity contribution in [1.82, 2.24) is 10.3 Å². The van der Waals surface area contributed by atoms with Gasteiger partial charge in [-0.05, 0) is 6.07 Å². The van der Waals surface area contributed by atoms with Crippen molar-refractivity contribution in [1.29, 1.82) is 0 Å². The lowest BCUT2D eigenvalue weighted by Crippen LogP contribution is -2.43. The number of nitrogens with zero attached hydrogens (tertiary/aromatic N) is 2. The van der Waals surface area contributed by atoms with Crippen molar-refractivity contribution >= 4 is 5.69 Å². The van der Waals surface area contributed by atoms with E-state index in [1.165, 1.54) is 0 Å². The van der Waals surface area contributed by atoms with Gasteiger partial charge >= 0.3 is 0 Å². The molecule has 2 aliphatic heterocycles. The molecule has 2 fully saturated rings. The molecular formula is C12H17N3O2. The number of pyridine rings is 1. The van der Waals surface area contributed by atoms with Crippen molar-refractivity contribution < 1.29 is 9.47 Å². The Morgan fingerprint density at radius 1 is 1.18 bits per heavy atom. The largest absolute Gasteiger partial charge is 0.368 e. The lowest BCUT2D eigenvalue weighted by molar-refractivity contribution is -0.0443. The first-order chi connectivity index (χ1) is 8.43. The van der Waals surface area contributed by atoms with Crippen LogP contribution in [0.5, 0.6) is 0 Å². The highest BCUT2D eigenvalue weighted by Gasteiger charge is 2.20. The second-order valence-corrected chi connectivity index (χ2v) is 4.29. The molecule has 1 aromatic heterocycles. The number of nitrogens with one attached hydrogen (secondary N) is 1. The van der Waals surface area contributed by atoms with Crippen LogP contribution in [0.3, 0.4) is 0 Å². The number of piperazine rings is 1. The van der Waals surface area contributed by atoms with E-state index >= 15 is 0 Å². The van der Waals surface area contributed by atoms with Gasteiger partial charge in [-0.25, -0.2) is 0 Å². The third-order valence-electron chi connectivity index (χ3n) is 3.12. The minimum absolute atomic E-state index is 0.231. The molecule has 0 radical (unpaired) electrons. The second-order valence-electron chi connectivity index (χ2n) is 4.29. The van der Waals surface area contributed by atoms with E-state index in [1.54, 1.807) is 0 Å². The fourth-order valence-corrected chi connectivity index (χ4v) is 2.22. The highest BCUT2D eigenvalue weighted by Crippen LogP contribution is 2.25. The van der Waals surface area contributed by atoms with Crippen LogP contribution in [0.25, 0.3) is 0 Å². The number of anilines is 1. The van der Waals surface area contributed by atoms with Crippen LogP contribution in [0, 0.1) is 0 Å². The Bertz CT molecular complexity index is 374. The molecule has 5 heteroatoms. The highest BCUT2D eigenvalue weighted by atomic mass is 16.7. The highest BCUT2D eigenvalue weighted by molar-refractivity contribution is 5.46. The molecule has 0 amide bonds. The maximum Gasteiger partial charge on any atom is 0.185 e. The van der Waals surface area contributed by atoms with E-state index in [2.05, 4.69) is 21.3 Å². The van der Waals surface area contributed by atoms with Gasteiger partial charge in [0.25, 0.3) is 0 Å². The van der Waals surface area contributed by atoms with Crippen molar-refractivity contribution in [2.24, 2.45) is 0 Å². The van der Waals surface area contributed by atoms with Gasteiger partial charge in [0.2, 0.25) is 0 Å². The van der Waals surface area contributed by atoms with E-state index in [4.69, 9.17) is 9.47 Å². The molecule has 5 nitrogen and oxygen atoms in total. The zero-order valence-corrected chi connectivity index (χ0v) is 9.76. The summed E-state index contributed by atoms with van der Waals surface area (Å²) in [4.78, 5) is 6.62. The molecule has 0 bridgehead atoms. The van der Waals surface area contributed by atoms with Gasteiger partial charge < -0.3 is 19.7 Å². The molecule has 1 aromatic rings. The van der Waals surface area contributed by atoms with Gasteiger partial charge in [-0.3, -0.25) is 4.98 Å². The van der Waals surface area contributed by atoms with Gasteiger partial charge in [-0.1, -0.05) is 0 Å². The molecule has 0 unspecified atom stereocenters. The molecule has 1 N–H and O–H groups in total. The Balaban J connectivity index is 1.77. The average Bonchev–Trinajstić information content (AvgIpc) is 2.94. The Morgan fingerprint density at radius 3 is 2.71 bits per heavy atom. The summed E-state index contributed by atoms with van der Waals surface area (Å²) in [5, 5.41) is 3.34. The van der Waals surface area contributed by atoms with Gasteiger partial charge in [0, 0.05) is 37.9 Å². The van der Waals surface area contributed by atoms with Crippen LogP contribution in [-0.4, -0.2) is 44.4 Å². The Hall–Kier alpha value is -1.17. The zero-order valence-electron chi connectivity index (χ0n) is 9.76. The van der Waals surface area contributed by atoms with Crippen molar-refractivity contribution in [3.05, 3.63) is 24.0 Å². The molecule has 0 saturated carbocycles. The van der Waals surface area contributed by atoms with Crippen LogP contribution in [0.4, 0.5) is 5.69 Å². The zero-order chi connectivity index (χ0) is 11.5. The predicted molar refractivity (Wildman–Crippen MR) is 64.0 cm³/mol. The first-order valence-corrected chi connectivity index (χ1v) is 6.07. The molecule has 3 rings (SSSR count). The summed E-state index contributed by atoms with van der Waals surface area (Å²) >= 11 is 0. The van der Waals surface area contributed by atoms with E-state index in [-0.39, 0.29) is 6.29 Å². The fraction of sp³-hybridized carbons (Fsp3) is 0.583. The Labute approximate surface area is 101 Å². The molecule has 0 spiro atoms. The van der Waals surface area contributed by atoms with E-state index in [1.807, 2.05) is 12.4 Å². The van der Waals surface area contributed by atoms with Crippen LogP contribution < -0.4 is 10.2 Å². The number of rotatable bonds is 2. The van der Waals surface area contributed by atoms with E-state index < -0.39 is 0 Å². The third-order valence-corrected chi connectivity index (χ3v) is 3.12. The first kappa shape index (κ1) is 11.0. The summed E-state index contributed by atoms with van der Waals surface area (Å²) in [6.45, 7) is 5.45. The average molecular weight is 235 g/mol. The minimum Gasteiger partial charge on any atom is -0.368 e. The van der Waals surface area contributed by atoms with Crippen molar-refractivity contribution in [2.75, 3.05) is 44.3 Å². The number of hydrogen-bond acceptors (Lipinski definition) is 5. The first-order valence-electron chi connectivity index (χ1n) is 6.07. The quantitative estimate of drug-likeness (QED) is 0.810. The van der Waals surface area contributed by atoms with Crippen molar-refractivity contribution in [3.8, 4) is 0 Å². The van der Waals surface area contributed by atoms with Crippen LogP contribution in [-0.2, 0) is 9.47 Å². The maximum absolute atomic E-state index is 5.49. The van der Waals surface area contributed by atoms with E-state index in [0.29, 0.717) is 13.2 Å². The van der Waals surface area contributed by atoms with Gasteiger partial charge in [0.15, 0.2) is 6.29 Å². The predicted octanol–water partition coefficient (Wildman–Crippen LogP) is 0.537. The summed E-state index contributed by atoms with van der Waals surface area (Å²) in [6.07, 6.45) is 3.50. The monoisotopic (exact) mass is 235 g/mol. The molecule has 0 atom stereocenters. The van der Waals surface area contributed by atoms with Crippen LogP contribution in [0.1, 0.15) is 11.9 Å². The van der Waals surface area contributed by atoms with Crippen molar-refractivity contribution in [3.63, 3.8) is 0 Å². The molecule has 0 aromatic carbocycles. The SMILES string of the molecule is c1ncc(N2CCNCC2)cc1C1OCCO1. The normalized spacial score (nSPS) is 22.0. The summed E-state index contributed by atoms with van der Waals surface area (Å²) in [5.41, 5.74) is 2.17. The third kappa shape index (κ3) is 2.41. The molecule has 17 heavy (non-hydrogen) atoms. The van der Waals surface area contributed by atoms with Gasteiger partial charge in [-0.15, -0.1) is 0 Å². The Kier molecular flexibility index (Phi) is 3.22. The molecule has 3 heterocycles. The van der Waals surface area contributed by atoms with Crippen LogP contribution in [0.15, 0.2) is 18.5 Å². The second kappa shape index (κ2) is 5.00. The summed E-state index contributed by atoms with van der Waals surface area (Å²) in [5.74, 6) is 0. The molecule has 2 saturated heterocycles. The lowest BCUT2D eigenvalue weighted by Gasteiger charge is -2.29.